The molecule has 10 heteroatoms. The van der Waals surface area contributed by atoms with Crippen LogP contribution in [0.15, 0.2) is 42.7 Å². The van der Waals surface area contributed by atoms with Gasteiger partial charge in [-0.25, -0.2) is 15.0 Å². The number of hydrogen-bond donors (Lipinski definition) is 4. The Bertz CT molecular complexity index is 1090. The van der Waals surface area contributed by atoms with E-state index >= 15 is 0 Å². The second-order valence-electron chi connectivity index (χ2n) is 7.37. The van der Waals surface area contributed by atoms with Crippen LogP contribution in [-0.2, 0) is 4.79 Å². The molecule has 2 heterocycles. The van der Waals surface area contributed by atoms with Crippen LogP contribution < -0.4 is 21.3 Å². The highest BCUT2D eigenvalue weighted by molar-refractivity contribution is 5.91. The van der Waals surface area contributed by atoms with Crippen LogP contribution in [-0.4, -0.2) is 57.9 Å². The molecule has 4 N–H and O–H groups in total. The van der Waals surface area contributed by atoms with Crippen LogP contribution >= 0.6 is 0 Å². The SMILES string of the molecule is CC(=O)NCCNc1nc(-c2ccccc2)nc(NCCNC(=O)c2cnc(C)cn2)c1C. The van der Waals surface area contributed by atoms with Crippen molar-refractivity contribution in [2.75, 3.05) is 36.8 Å². The summed E-state index contributed by atoms with van der Waals surface area (Å²) in [7, 11) is 0. The van der Waals surface area contributed by atoms with Crippen LogP contribution in [0.25, 0.3) is 11.4 Å². The Labute approximate surface area is 192 Å². The maximum absolute atomic E-state index is 12.2. The third-order valence-corrected chi connectivity index (χ3v) is 4.69. The minimum Gasteiger partial charge on any atom is -0.368 e. The van der Waals surface area contributed by atoms with Crippen molar-refractivity contribution in [2.24, 2.45) is 0 Å². The zero-order chi connectivity index (χ0) is 23.6. The van der Waals surface area contributed by atoms with E-state index in [-0.39, 0.29) is 17.5 Å². The lowest BCUT2D eigenvalue weighted by Gasteiger charge is -2.16. The highest BCUT2D eigenvalue weighted by atomic mass is 16.2. The molecular formula is C23H28N8O2. The van der Waals surface area contributed by atoms with Gasteiger partial charge in [-0.2, -0.15) is 0 Å². The Kier molecular flexibility index (Phi) is 8.23. The molecule has 1 aromatic carbocycles. The lowest BCUT2D eigenvalue weighted by molar-refractivity contribution is -0.118. The molecule has 2 amide bonds. The number of hydrogen-bond acceptors (Lipinski definition) is 8. The zero-order valence-electron chi connectivity index (χ0n) is 19.0. The molecule has 3 aromatic rings. The molecular weight excluding hydrogens is 420 g/mol. The van der Waals surface area contributed by atoms with Crippen molar-refractivity contribution >= 4 is 23.5 Å². The number of rotatable bonds is 10. The lowest BCUT2D eigenvalue weighted by Crippen LogP contribution is -2.30. The largest absolute Gasteiger partial charge is 0.368 e. The molecule has 0 aliphatic heterocycles. The van der Waals surface area contributed by atoms with E-state index in [0.717, 1.165) is 16.8 Å². The number of nitrogens with zero attached hydrogens (tertiary/aromatic N) is 4. The summed E-state index contributed by atoms with van der Waals surface area (Å²) in [6.07, 6.45) is 3.01. The summed E-state index contributed by atoms with van der Waals surface area (Å²) < 4.78 is 0. The van der Waals surface area contributed by atoms with Crippen molar-refractivity contribution in [3.63, 3.8) is 0 Å². The quantitative estimate of drug-likeness (QED) is 0.346. The smallest absolute Gasteiger partial charge is 0.271 e. The molecule has 0 radical (unpaired) electrons. The predicted octanol–water partition coefficient (Wildman–Crippen LogP) is 1.94. The summed E-state index contributed by atoms with van der Waals surface area (Å²) in [5.74, 6) is 1.55. The summed E-state index contributed by atoms with van der Waals surface area (Å²) in [5, 5.41) is 12.1. The topological polar surface area (TPSA) is 134 Å². The van der Waals surface area contributed by atoms with Gasteiger partial charge in [-0.1, -0.05) is 30.3 Å². The molecule has 0 aliphatic carbocycles. The van der Waals surface area contributed by atoms with Gasteiger partial charge < -0.3 is 21.3 Å². The molecule has 33 heavy (non-hydrogen) atoms. The van der Waals surface area contributed by atoms with Gasteiger partial charge in [0.05, 0.1) is 11.9 Å². The maximum atomic E-state index is 12.2. The Hall–Kier alpha value is -4.08. The van der Waals surface area contributed by atoms with E-state index in [9.17, 15) is 9.59 Å². The molecule has 172 valence electrons. The van der Waals surface area contributed by atoms with E-state index in [2.05, 4.69) is 41.2 Å². The van der Waals surface area contributed by atoms with Crippen LogP contribution in [0.4, 0.5) is 11.6 Å². The fourth-order valence-corrected chi connectivity index (χ4v) is 2.95. The maximum Gasteiger partial charge on any atom is 0.271 e. The van der Waals surface area contributed by atoms with Gasteiger partial charge in [0, 0.05) is 50.4 Å². The van der Waals surface area contributed by atoms with Crippen LogP contribution in [0.1, 0.15) is 28.7 Å². The first-order chi connectivity index (χ1) is 15.9. The summed E-state index contributed by atoms with van der Waals surface area (Å²) in [6.45, 7) is 7.06. The molecule has 0 bridgehead atoms. The van der Waals surface area contributed by atoms with E-state index in [1.807, 2.05) is 44.2 Å². The standard InChI is InChI=1S/C23H28N8O2/c1-15-13-29-19(14-28-15)23(33)27-12-11-26-21-16(2)20(25-10-9-24-17(3)32)30-22(31-21)18-7-5-4-6-8-18/h4-8,13-14H,9-12H2,1-3H3,(H,24,32)(H,27,33)(H2,25,26,30,31). The molecule has 0 spiro atoms. The summed E-state index contributed by atoms with van der Waals surface area (Å²) in [5.41, 5.74) is 2.75. The fraction of sp³-hybridized carbons (Fsp3) is 0.304. The van der Waals surface area contributed by atoms with Crippen molar-refractivity contribution in [1.29, 1.82) is 0 Å². The molecule has 0 aliphatic rings. The molecule has 2 aromatic heterocycles. The average molecular weight is 449 g/mol. The van der Waals surface area contributed by atoms with Gasteiger partial charge in [0.25, 0.3) is 5.91 Å². The van der Waals surface area contributed by atoms with Crippen LogP contribution in [0.2, 0.25) is 0 Å². The van der Waals surface area contributed by atoms with Gasteiger partial charge in [0.1, 0.15) is 17.3 Å². The molecule has 0 fully saturated rings. The van der Waals surface area contributed by atoms with E-state index < -0.39 is 0 Å². The first-order valence-corrected chi connectivity index (χ1v) is 10.7. The highest BCUT2D eigenvalue weighted by Crippen LogP contribution is 2.24. The van der Waals surface area contributed by atoms with Gasteiger partial charge in [-0.3, -0.25) is 14.6 Å². The number of nitrogens with one attached hydrogen (secondary N) is 4. The molecule has 0 saturated heterocycles. The van der Waals surface area contributed by atoms with Crippen molar-refractivity contribution in [3.8, 4) is 11.4 Å². The predicted molar refractivity (Wildman–Crippen MR) is 127 cm³/mol. The van der Waals surface area contributed by atoms with Crippen LogP contribution in [0.5, 0.6) is 0 Å². The number of carbonyl (C=O) groups excluding carboxylic acids is 2. The van der Waals surface area contributed by atoms with Gasteiger partial charge in [0.15, 0.2) is 5.82 Å². The number of aromatic nitrogens is 4. The van der Waals surface area contributed by atoms with Crippen LogP contribution in [0, 0.1) is 13.8 Å². The number of anilines is 2. The first-order valence-electron chi connectivity index (χ1n) is 10.7. The molecule has 0 unspecified atom stereocenters. The first kappa shape index (κ1) is 23.6. The Morgan fingerprint density at radius 1 is 0.818 bits per heavy atom. The van der Waals surface area contributed by atoms with Gasteiger partial charge >= 0.3 is 0 Å². The lowest BCUT2D eigenvalue weighted by atomic mass is 10.2. The minimum atomic E-state index is -0.283. The third-order valence-electron chi connectivity index (χ3n) is 4.69. The second-order valence-corrected chi connectivity index (χ2v) is 7.37. The van der Waals surface area contributed by atoms with Crippen molar-refractivity contribution in [1.82, 2.24) is 30.6 Å². The van der Waals surface area contributed by atoms with E-state index in [0.29, 0.717) is 43.6 Å². The third kappa shape index (κ3) is 6.96. The zero-order valence-corrected chi connectivity index (χ0v) is 19.0. The fourth-order valence-electron chi connectivity index (χ4n) is 2.95. The van der Waals surface area contributed by atoms with E-state index in [1.165, 1.54) is 13.1 Å². The van der Waals surface area contributed by atoms with Crippen molar-refractivity contribution in [3.05, 3.63) is 59.7 Å². The Morgan fingerprint density at radius 3 is 2.03 bits per heavy atom. The molecule has 0 saturated carbocycles. The summed E-state index contributed by atoms with van der Waals surface area (Å²) in [4.78, 5) is 40.8. The summed E-state index contributed by atoms with van der Waals surface area (Å²) >= 11 is 0. The average Bonchev–Trinajstić information content (AvgIpc) is 2.82. The minimum absolute atomic E-state index is 0.0813. The Morgan fingerprint density at radius 2 is 1.45 bits per heavy atom. The van der Waals surface area contributed by atoms with Gasteiger partial charge in [-0.15, -0.1) is 0 Å². The molecule has 3 rings (SSSR count). The number of benzene rings is 1. The Balaban J connectivity index is 1.67. The van der Waals surface area contributed by atoms with E-state index in [4.69, 9.17) is 0 Å². The van der Waals surface area contributed by atoms with E-state index in [1.54, 1.807) is 6.20 Å². The highest BCUT2D eigenvalue weighted by Gasteiger charge is 2.13. The van der Waals surface area contributed by atoms with Crippen LogP contribution in [0.3, 0.4) is 0 Å². The number of amides is 2. The van der Waals surface area contributed by atoms with Crippen molar-refractivity contribution < 1.29 is 9.59 Å². The summed E-state index contributed by atoms with van der Waals surface area (Å²) in [6, 6.07) is 9.68. The number of aryl methyl sites for hydroxylation is 1. The van der Waals surface area contributed by atoms with Crippen molar-refractivity contribution in [2.45, 2.75) is 20.8 Å². The van der Waals surface area contributed by atoms with Gasteiger partial charge in [0.2, 0.25) is 5.91 Å². The second kappa shape index (κ2) is 11.5. The number of carbonyl (C=O) groups is 2. The normalized spacial score (nSPS) is 10.4. The monoisotopic (exact) mass is 448 g/mol. The molecule has 0 atom stereocenters. The molecule has 10 nitrogen and oxygen atoms in total. The van der Waals surface area contributed by atoms with Gasteiger partial charge in [-0.05, 0) is 13.8 Å².